The minimum Gasteiger partial charge on any atom is -0.288 e. The van der Waals surface area contributed by atoms with Crippen molar-refractivity contribution in [3.05, 3.63) is 69.8 Å². The average Bonchev–Trinajstić information content (AvgIpc) is 2.54. The fourth-order valence-corrected chi connectivity index (χ4v) is 3.79. The molecule has 3 rings (SSSR count). The molecule has 0 saturated carbocycles. The molecular weight excluding hydrogens is 318 g/mol. The maximum absolute atomic E-state index is 14.1. The van der Waals surface area contributed by atoms with Gasteiger partial charge >= 0.3 is 0 Å². The first kappa shape index (κ1) is 17.8. The highest BCUT2D eigenvalue weighted by Gasteiger charge is 2.38. The number of benzene rings is 2. The maximum Gasteiger partial charge on any atom is 0.196 e. The largest absolute Gasteiger partial charge is 0.288 e. The van der Waals surface area contributed by atoms with Crippen molar-refractivity contribution < 1.29 is 13.6 Å². The summed E-state index contributed by atoms with van der Waals surface area (Å²) in [6, 6.07) is 7.69. The Morgan fingerprint density at radius 2 is 1.48 bits per heavy atom. The second-order valence-corrected chi connectivity index (χ2v) is 8.41. The summed E-state index contributed by atoms with van der Waals surface area (Å²) < 4.78 is 27.6. The van der Waals surface area contributed by atoms with Gasteiger partial charge in [0.1, 0.15) is 0 Å². The van der Waals surface area contributed by atoms with Crippen LogP contribution >= 0.6 is 0 Å². The lowest BCUT2D eigenvalue weighted by Crippen LogP contribution is -2.34. The molecule has 0 amide bonds. The zero-order valence-corrected chi connectivity index (χ0v) is 15.5. The van der Waals surface area contributed by atoms with Crippen LogP contribution in [0.3, 0.4) is 0 Å². The molecule has 1 aliphatic carbocycles. The van der Waals surface area contributed by atoms with Gasteiger partial charge in [-0.05, 0) is 65.5 Å². The van der Waals surface area contributed by atoms with E-state index in [0.29, 0.717) is 5.56 Å². The average molecular weight is 342 g/mol. The van der Waals surface area contributed by atoms with Crippen LogP contribution in [0.1, 0.15) is 73.1 Å². The minimum atomic E-state index is -1.08. The monoisotopic (exact) mass is 342 g/mol. The smallest absolute Gasteiger partial charge is 0.196 e. The number of hydrogen-bond donors (Lipinski definition) is 0. The van der Waals surface area contributed by atoms with E-state index in [2.05, 4.69) is 33.8 Å². The number of carbonyl (C=O) groups is 1. The third-order valence-corrected chi connectivity index (χ3v) is 5.64. The van der Waals surface area contributed by atoms with Gasteiger partial charge < -0.3 is 0 Å². The van der Waals surface area contributed by atoms with Crippen molar-refractivity contribution in [2.75, 3.05) is 0 Å². The van der Waals surface area contributed by atoms with Crippen molar-refractivity contribution in [3.8, 4) is 0 Å². The van der Waals surface area contributed by atoms with Crippen LogP contribution in [0.25, 0.3) is 0 Å². The summed E-state index contributed by atoms with van der Waals surface area (Å²) in [5, 5.41) is 0. The van der Waals surface area contributed by atoms with Crippen LogP contribution in [0, 0.1) is 18.6 Å². The van der Waals surface area contributed by atoms with Crippen molar-refractivity contribution >= 4 is 5.78 Å². The fourth-order valence-electron chi connectivity index (χ4n) is 3.79. The number of ketones is 1. The molecule has 0 atom stereocenters. The normalized spacial score (nSPS) is 17.9. The first-order valence-electron chi connectivity index (χ1n) is 8.69. The summed E-state index contributed by atoms with van der Waals surface area (Å²) in [5.74, 6) is -2.54. The molecule has 0 unspecified atom stereocenters. The van der Waals surface area contributed by atoms with Crippen LogP contribution in [0.2, 0.25) is 0 Å². The molecule has 0 bridgehead atoms. The fraction of sp³-hybridized carbons (Fsp3) is 0.409. The van der Waals surface area contributed by atoms with Gasteiger partial charge in [-0.15, -0.1) is 0 Å². The highest BCUT2D eigenvalue weighted by molar-refractivity contribution is 6.10. The van der Waals surface area contributed by atoms with Crippen molar-refractivity contribution in [2.45, 2.75) is 58.3 Å². The minimum absolute atomic E-state index is 0.0430. The second kappa shape index (κ2) is 5.76. The molecular formula is C22H24F2O. The molecule has 25 heavy (non-hydrogen) atoms. The molecule has 0 saturated heterocycles. The highest BCUT2D eigenvalue weighted by atomic mass is 19.2. The van der Waals surface area contributed by atoms with E-state index < -0.39 is 17.4 Å². The van der Waals surface area contributed by atoms with Crippen molar-refractivity contribution in [3.63, 3.8) is 0 Å². The standard InChI is InChI=1S/C22H24F2O/c1-13-11-16-17(22(4,5)10-9-21(16,2)3)12-15(13)20(25)14-7-6-8-18(23)19(14)24/h6-8,11-12H,9-10H2,1-5H3. The van der Waals surface area contributed by atoms with Gasteiger partial charge in [0.15, 0.2) is 17.4 Å². The predicted octanol–water partition coefficient (Wildman–Crippen LogP) is 5.85. The van der Waals surface area contributed by atoms with E-state index in [-0.39, 0.29) is 16.4 Å². The van der Waals surface area contributed by atoms with Crippen molar-refractivity contribution in [2.24, 2.45) is 0 Å². The zero-order chi connectivity index (χ0) is 18.6. The van der Waals surface area contributed by atoms with Crippen LogP contribution in [0.5, 0.6) is 0 Å². The lowest BCUT2D eigenvalue weighted by atomic mass is 9.62. The number of hydrogen-bond acceptors (Lipinski definition) is 1. The molecule has 1 aliphatic rings. The van der Waals surface area contributed by atoms with E-state index in [4.69, 9.17) is 0 Å². The molecule has 0 fully saturated rings. The number of halogens is 2. The Labute approximate surface area is 148 Å². The Kier molecular flexibility index (Phi) is 4.09. The van der Waals surface area contributed by atoms with Gasteiger partial charge in [-0.3, -0.25) is 4.79 Å². The lowest BCUT2D eigenvalue weighted by Gasteiger charge is -2.42. The molecule has 0 aromatic heterocycles. The third kappa shape index (κ3) is 2.90. The number of rotatable bonds is 2. The van der Waals surface area contributed by atoms with E-state index >= 15 is 0 Å². The van der Waals surface area contributed by atoms with Gasteiger partial charge in [0.2, 0.25) is 0 Å². The topological polar surface area (TPSA) is 17.1 Å². The summed E-state index contributed by atoms with van der Waals surface area (Å²) in [5.41, 5.74) is 3.42. The van der Waals surface area contributed by atoms with E-state index in [0.717, 1.165) is 30.0 Å². The quantitative estimate of drug-likeness (QED) is 0.625. The molecule has 0 heterocycles. The summed E-state index contributed by atoms with van der Waals surface area (Å²) in [4.78, 5) is 12.9. The summed E-state index contributed by atoms with van der Waals surface area (Å²) in [7, 11) is 0. The second-order valence-electron chi connectivity index (χ2n) is 8.41. The van der Waals surface area contributed by atoms with E-state index in [1.165, 1.54) is 17.7 Å². The number of fused-ring (bicyclic) bond motifs is 1. The Morgan fingerprint density at radius 3 is 2.08 bits per heavy atom. The van der Waals surface area contributed by atoms with Gasteiger partial charge in [0.25, 0.3) is 0 Å². The lowest BCUT2D eigenvalue weighted by molar-refractivity contribution is 0.103. The van der Waals surface area contributed by atoms with Gasteiger partial charge in [-0.25, -0.2) is 8.78 Å². The van der Waals surface area contributed by atoms with Gasteiger partial charge in [-0.1, -0.05) is 39.8 Å². The summed E-state index contributed by atoms with van der Waals surface area (Å²) in [6.45, 7) is 10.6. The van der Waals surface area contributed by atoms with E-state index in [1.54, 1.807) is 0 Å². The molecule has 0 spiro atoms. The van der Waals surface area contributed by atoms with Gasteiger partial charge in [0, 0.05) is 5.56 Å². The van der Waals surface area contributed by atoms with Crippen LogP contribution in [0.15, 0.2) is 30.3 Å². The van der Waals surface area contributed by atoms with Crippen LogP contribution < -0.4 is 0 Å². The highest BCUT2D eigenvalue weighted by Crippen LogP contribution is 2.46. The number of carbonyl (C=O) groups excluding carboxylic acids is 1. The Balaban J connectivity index is 2.19. The molecule has 3 heteroatoms. The first-order chi connectivity index (χ1) is 11.5. The van der Waals surface area contributed by atoms with Crippen LogP contribution in [-0.2, 0) is 10.8 Å². The van der Waals surface area contributed by atoms with E-state index in [1.807, 2.05) is 13.0 Å². The summed E-state index contributed by atoms with van der Waals surface area (Å²) in [6.07, 6.45) is 2.11. The number of aryl methyl sites for hydroxylation is 1. The van der Waals surface area contributed by atoms with Gasteiger partial charge in [-0.2, -0.15) is 0 Å². The molecule has 0 N–H and O–H groups in total. The SMILES string of the molecule is Cc1cc2c(cc1C(=O)c1cccc(F)c1F)C(C)(C)CCC2(C)C. The van der Waals surface area contributed by atoms with Crippen molar-refractivity contribution in [1.82, 2.24) is 0 Å². The molecule has 0 aliphatic heterocycles. The molecule has 2 aromatic rings. The zero-order valence-electron chi connectivity index (χ0n) is 15.5. The molecule has 0 radical (unpaired) electrons. The molecule has 132 valence electrons. The predicted molar refractivity (Wildman–Crippen MR) is 96.3 cm³/mol. The Bertz CT molecular complexity index is 863. The Hall–Kier alpha value is -2.03. The van der Waals surface area contributed by atoms with Crippen LogP contribution in [-0.4, -0.2) is 5.78 Å². The third-order valence-electron chi connectivity index (χ3n) is 5.64. The van der Waals surface area contributed by atoms with Gasteiger partial charge in [0.05, 0.1) is 5.56 Å². The van der Waals surface area contributed by atoms with Crippen LogP contribution in [0.4, 0.5) is 8.78 Å². The van der Waals surface area contributed by atoms with Crippen molar-refractivity contribution in [1.29, 1.82) is 0 Å². The maximum atomic E-state index is 14.1. The summed E-state index contributed by atoms with van der Waals surface area (Å²) >= 11 is 0. The molecule has 1 nitrogen and oxygen atoms in total. The first-order valence-corrected chi connectivity index (χ1v) is 8.69. The Morgan fingerprint density at radius 1 is 0.920 bits per heavy atom. The molecule has 2 aromatic carbocycles. The van der Waals surface area contributed by atoms with E-state index in [9.17, 15) is 13.6 Å².